The van der Waals surface area contributed by atoms with Crippen molar-refractivity contribution in [1.29, 1.82) is 0 Å². The van der Waals surface area contributed by atoms with E-state index in [1.54, 1.807) is 24.2 Å². The lowest BCUT2D eigenvalue weighted by Crippen LogP contribution is -2.45. The van der Waals surface area contributed by atoms with Gasteiger partial charge in [0.05, 0.1) is 25.1 Å². The maximum atomic E-state index is 12.5. The number of hydrogen-bond donors (Lipinski definition) is 2. The number of amides is 2. The van der Waals surface area contributed by atoms with Gasteiger partial charge in [0.2, 0.25) is 17.7 Å². The molecule has 2 heterocycles. The molecule has 0 aliphatic heterocycles. The number of nitrogens with one attached hydrogen (secondary N) is 1. The fourth-order valence-corrected chi connectivity index (χ4v) is 3.80. The van der Waals surface area contributed by atoms with E-state index in [4.69, 9.17) is 20.3 Å². The first-order valence-corrected chi connectivity index (χ1v) is 11.9. The smallest absolute Gasteiger partial charge is 0.240 e. The summed E-state index contributed by atoms with van der Waals surface area (Å²) in [5.41, 5.74) is 8.75. The van der Waals surface area contributed by atoms with Crippen molar-refractivity contribution in [3.8, 4) is 28.6 Å². The highest BCUT2D eigenvalue weighted by Gasteiger charge is 2.19. The van der Waals surface area contributed by atoms with Gasteiger partial charge in [-0.25, -0.2) is 4.68 Å². The Morgan fingerprint density at radius 2 is 1.89 bits per heavy atom. The third-order valence-corrected chi connectivity index (χ3v) is 5.69. The van der Waals surface area contributed by atoms with Crippen LogP contribution in [0.2, 0.25) is 0 Å². The van der Waals surface area contributed by atoms with E-state index in [1.165, 1.54) is 0 Å². The normalized spacial score (nSPS) is 11.5. The number of benzene rings is 2. The molecule has 1 unspecified atom stereocenters. The molecule has 9 nitrogen and oxygen atoms in total. The van der Waals surface area contributed by atoms with Crippen molar-refractivity contribution < 1.29 is 19.1 Å². The summed E-state index contributed by atoms with van der Waals surface area (Å²) in [5.74, 6) is 0.379. The molecule has 2 aromatic heterocycles. The molecule has 2 amide bonds. The summed E-state index contributed by atoms with van der Waals surface area (Å²) in [6.07, 6.45) is 4.40. The maximum Gasteiger partial charge on any atom is 0.240 e. The molecule has 0 aliphatic rings. The minimum atomic E-state index is -0.771. The molecule has 0 bridgehead atoms. The van der Waals surface area contributed by atoms with Gasteiger partial charge in [0.15, 0.2) is 0 Å². The molecule has 0 saturated carbocycles. The first-order chi connectivity index (χ1) is 18.0. The molecule has 1 atom stereocenters. The van der Waals surface area contributed by atoms with Crippen LogP contribution in [0.25, 0.3) is 16.9 Å². The number of primary amides is 1. The highest BCUT2D eigenvalue weighted by atomic mass is 16.5. The highest BCUT2D eigenvalue weighted by Crippen LogP contribution is 2.27. The van der Waals surface area contributed by atoms with Crippen LogP contribution >= 0.6 is 0 Å². The number of ether oxygens (including phenoxy) is 2. The average Bonchev–Trinajstić information content (AvgIpc) is 3.36. The number of rotatable bonds is 12. The minimum Gasteiger partial charge on any atom is -0.497 e. The summed E-state index contributed by atoms with van der Waals surface area (Å²) in [7, 11) is 1.61. The van der Waals surface area contributed by atoms with Crippen LogP contribution in [0.5, 0.6) is 11.6 Å². The average molecular weight is 500 g/mol. The molecular weight excluding hydrogens is 470 g/mol. The molecule has 0 spiro atoms. The Labute approximate surface area is 215 Å². The van der Waals surface area contributed by atoms with Gasteiger partial charge in [-0.3, -0.25) is 14.6 Å². The monoisotopic (exact) mass is 499 g/mol. The third kappa shape index (κ3) is 6.94. The van der Waals surface area contributed by atoms with Gasteiger partial charge in [0.1, 0.15) is 11.8 Å². The lowest BCUT2D eigenvalue weighted by Gasteiger charge is -2.16. The second-order valence-corrected chi connectivity index (χ2v) is 8.39. The lowest BCUT2D eigenvalue weighted by molar-refractivity contribution is -0.127. The molecule has 37 heavy (non-hydrogen) atoms. The minimum absolute atomic E-state index is 0.182. The number of aromatic nitrogens is 3. The van der Waals surface area contributed by atoms with Crippen LogP contribution < -0.4 is 20.5 Å². The van der Waals surface area contributed by atoms with E-state index >= 15 is 0 Å². The van der Waals surface area contributed by atoms with Crippen LogP contribution in [-0.4, -0.2) is 46.3 Å². The molecule has 4 rings (SSSR count). The van der Waals surface area contributed by atoms with E-state index < -0.39 is 11.9 Å². The zero-order valence-corrected chi connectivity index (χ0v) is 20.5. The third-order valence-electron chi connectivity index (χ3n) is 5.69. The summed E-state index contributed by atoms with van der Waals surface area (Å²) < 4.78 is 13.1. The van der Waals surface area contributed by atoms with Crippen molar-refractivity contribution in [3.05, 3.63) is 90.8 Å². The molecule has 190 valence electrons. The number of nitrogens with two attached hydrogens (primary N) is 1. The molecule has 9 heteroatoms. The summed E-state index contributed by atoms with van der Waals surface area (Å²) >= 11 is 0. The molecular formula is C28H29N5O4. The Kier molecular flexibility index (Phi) is 8.49. The Bertz CT molecular complexity index is 1320. The van der Waals surface area contributed by atoms with Gasteiger partial charge in [0, 0.05) is 42.9 Å². The molecule has 0 fully saturated rings. The number of carbonyl (C=O) groups is 2. The van der Waals surface area contributed by atoms with Crippen LogP contribution in [0.1, 0.15) is 18.4 Å². The number of nitrogens with zero attached hydrogens (tertiary/aromatic N) is 3. The van der Waals surface area contributed by atoms with Crippen LogP contribution in [0, 0.1) is 0 Å². The van der Waals surface area contributed by atoms with Crippen molar-refractivity contribution in [3.63, 3.8) is 0 Å². The van der Waals surface area contributed by atoms with E-state index in [2.05, 4.69) is 10.3 Å². The molecule has 2 aromatic carbocycles. The Morgan fingerprint density at radius 3 is 2.62 bits per heavy atom. The van der Waals surface area contributed by atoms with Gasteiger partial charge in [0.25, 0.3) is 0 Å². The number of hydrogen-bond acceptors (Lipinski definition) is 6. The maximum absolute atomic E-state index is 12.5. The van der Waals surface area contributed by atoms with E-state index in [-0.39, 0.29) is 18.9 Å². The Hall–Kier alpha value is -4.66. The zero-order valence-electron chi connectivity index (χ0n) is 20.5. The number of carbonyl (C=O) groups excluding carboxylic acids is 2. The molecule has 4 aromatic rings. The molecule has 0 aliphatic carbocycles. The van der Waals surface area contributed by atoms with Crippen molar-refractivity contribution in [2.24, 2.45) is 5.73 Å². The van der Waals surface area contributed by atoms with E-state index in [1.807, 2.05) is 72.8 Å². The summed E-state index contributed by atoms with van der Waals surface area (Å²) in [5, 5.41) is 7.44. The van der Waals surface area contributed by atoms with Gasteiger partial charge in [-0.05, 0) is 36.2 Å². The second-order valence-electron chi connectivity index (χ2n) is 8.39. The van der Waals surface area contributed by atoms with Crippen LogP contribution in [0.15, 0.2) is 85.2 Å². The van der Waals surface area contributed by atoms with Gasteiger partial charge in [-0.2, -0.15) is 5.10 Å². The second kappa shape index (κ2) is 12.3. The number of pyridine rings is 1. The Morgan fingerprint density at radius 1 is 1.05 bits per heavy atom. The van der Waals surface area contributed by atoms with Gasteiger partial charge >= 0.3 is 0 Å². The number of methoxy groups -OCH3 is 1. The van der Waals surface area contributed by atoms with Gasteiger partial charge < -0.3 is 20.5 Å². The van der Waals surface area contributed by atoms with Gasteiger partial charge in [-0.15, -0.1) is 0 Å². The SMILES string of the molecule is COc1cccc(-n2nc(-c3cccnc3)cc2OCCCC(=O)NC(Cc2ccccc2)C(N)=O)c1. The molecule has 0 radical (unpaired) electrons. The first-order valence-electron chi connectivity index (χ1n) is 11.9. The Balaban J connectivity index is 1.39. The topological polar surface area (TPSA) is 121 Å². The highest BCUT2D eigenvalue weighted by molar-refractivity contribution is 5.86. The van der Waals surface area contributed by atoms with E-state index in [0.717, 1.165) is 16.8 Å². The predicted octanol–water partition coefficient (Wildman–Crippen LogP) is 3.31. The zero-order chi connectivity index (χ0) is 26.0. The lowest BCUT2D eigenvalue weighted by atomic mass is 10.1. The summed E-state index contributed by atoms with van der Waals surface area (Å²) in [6, 6.07) is 21.7. The van der Waals surface area contributed by atoms with Crippen LogP contribution in [-0.2, 0) is 16.0 Å². The molecule has 0 saturated heterocycles. The van der Waals surface area contributed by atoms with Gasteiger partial charge in [-0.1, -0.05) is 36.4 Å². The largest absolute Gasteiger partial charge is 0.497 e. The fraction of sp³-hybridized carbons (Fsp3) is 0.214. The summed E-state index contributed by atoms with van der Waals surface area (Å²) in [6.45, 7) is 0.273. The quantitative estimate of drug-likeness (QED) is 0.289. The van der Waals surface area contributed by atoms with Crippen molar-refractivity contribution in [2.45, 2.75) is 25.3 Å². The fourth-order valence-electron chi connectivity index (χ4n) is 3.80. The van der Waals surface area contributed by atoms with Crippen molar-refractivity contribution in [2.75, 3.05) is 13.7 Å². The van der Waals surface area contributed by atoms with Crippen molar-refractivity contribution >= 4 is 11.8 Å². The first kappa shape index (κ1) is 25.4. The van der Waals surface area contributed by atoms with Crippen LogP contribution in [0.3, 0.4) is 0 Å². The van der Waals surface area contributed by atoms with E-state index in [0.29, 0.717) is 30.2 Å². The molecule has 3 N–H and O–H groups in total. The standard InChI is InChI=1S/C28H29N5O4/c1-36-23-12-5-11-22(17-23)33-27(18-24(32-33)21-10-6-14-30-19-21)37-15-7-13-26(34)31-25(28(29)35)16-20-8-3-2-4-9-20/h2-6,8-12,14,17-19,25H,7,13,15-16H2,1H3,(H2,29,35)(H,31,34). The van der Waals surface area contributed by atoms with E-state index in [9.17, 15) is 9.59 Å². The van der Waals surface area contributed by atoms with Crippen LogP contribution in [0.4, 0.5) is 0 Å². The predicted molar refractivity (Wildman–Crippen MR) is 139 cm³/mol. The van der Waals surface area contributed by atoms with Crippen molar-refractivity contribution in [1.82, 2.24) is 20.1 Å². The summed E-state index contributed by atoms with van der Waals surface area (Å²) in [4.78, 5) is 28.5.